The molecule has 1 aromatic heterocycles. The van der Waals surface area contributed by atoms with Crippen LogP contribution in [0.5, 0.6) is 0 Å². The minimum absolute atomic E-state index is 0.0373. The molecule has 0 radical (unpaired) electrons. The molecule has 21 heavy (non-hydrogen) atoms. The maximum atomic E-state index is 12.9. The highest BCUT2D eigenvalue weighted by molar-refractivity contribution is 6.31. The van der Waals surface area contributed by atoms with Crippen LogP contribution in [0.1, 0.15) is 31.4 Å². The first-order valence-electron chi connectivity index (χ1n) is 6.78. The van der Waals surface area contributed by atoms with Crippen LogP contribution in [0.25, 0.3) is 0 Å². The molecule has 1 aromatic rings. The fourth-order valence-electron chi connectivity index (χ4n) is 2.92. The van der Waals surface area contributed by atoms with Gasteiger partial charge in [0.05, 0.1) is 36.0 Å². The number of alkyl halides is 3. The van der Waals surface area contributed by atoms with Crippen LogP contribution in [0.15, 0.2) is 6.20 Å². The standard InChI is InChI=1S/C13H18ClF3N2O2/c1-21-6-5-19-11(10(14)8-18-19)12(20)4-2-3-9(7-12)13(15,16)17/h8-9,20H,2-7H2,1H3. The Balaban J connectivity index is 2.28. The van der Waals surface area contributed by atoms with E-state index in [1.165, 1.54) is 18.0 Å². The molecule has 0 spiro atoms. The molecule has 2 unspecified atom stereocenters. The molecule has 1 aliphatic rings. The second-order valence-corrected chi connectivity index (χ2v) is 5.83. The van der Waals surface area contributed by atoms with Crippen LogP contribution in [0, 0.1) is 5.92 Å². The topological polar surface area (TPSA) is 47.3 Å². The summed E-state index contributed by atoms with van der Waals surface area (Å²) in [5.41, 5.74) is -1.34. The SMILES string of the molecule is COCCn1ncc(Cl)c1C1(O)CCCC(C(F)(F)F)C1. The molecule has 2 rings (SSSR count). The normalized spacial score (nSPS) is 27.0. The Morgan fingerprint density at radius 1 is 1.57 bits per heavy atom. The van der Waals surface area contributed by atoms with E-state index >= 15 is 0 Å². The molecule has 0 bridgehead atoms. The molecule has 0 aromatic carbocycles. The third-order valence-corrected chi connectivity index (χ3v) is 4.21. The van der Waals surface area contributed by atoms with E-state index in [1.807, 2.05) is 0 Å². The second kappa shape index (κ2) is 6.14. The van der Waals surface area contributed by atoms with E-state index < -0.39 is 17.7 Å². The van der Waals surface area contributed by atoms with Crippen LogP contribution in [0.3, 0.4) is 0 Å². The first-order valence-corrected chi connectivity index (χ1v) is 7.15. The summed E-state index contributed by atoms with van der Waals surface area (Å²) >= 11 is 6.04. The maximum absolute atomic E-state index is 12.9. The van der Waals surface area contributed by atoms with Gasteiger partial charge in [0.2, 0.25) is 0 Å². The molecule has 1 aliphatic carbocycles. The maximum Gasteiger partial charge on any atom is 0.391 e. The van der Waals surface area contributed by atoms with Crippen LogP contribution in [-0.2, 0) is 16.9 Å². The van der Waals surface area contributed by atoms with E-state index in [1.54, 1.807) is 0 Å². The summed E-state index contributed by atoms with van der Waals surface area (Å²) in [4.78, 5) is 0. The van der Waals surface area contributed by atoms with Gasteiger partial charge in [0.15, 0.2) is 0 Å². The van der Waals surface area contributed by atoms with E-state index in [-0.39, 0.29) is 30.0 Å². The number of hydrogen-bond donors (Lipinski definition) is 1. The molecular weight excluding hydrogens is 309 g/mol. The summed E-state index contributed by atoms with van der Waals surface area (Å²) in [6.45, 7) is 0.668. The predicted molar refractivity (Wildman–Crippen MR) is 71.0 cm³/mol. The Morgan fingerprint density at radius 2 is 2.29 bits per heavy atom. The largest absolute Gasteiger partial charge is 0.391 e. The Bertz CT molecular complexity index is 492. The van der Waals surface area contributed by atoms with E-state index in [0.29, 0.717) is 19.6 Å². The van der Waals surface area contributed by atoms with E-state index in [2.05, 4.69) is 5.10 Å². The van der Waals surface area contributed by atoms with Crippen molar-refractivity contribution in [1.82, 2.24) is 9.78 Å². The van der Waals surface area contributed by atoms with E-state index in [9.17, 15) is 18.3 Å². The number of aliphatic hydroxyl groups is 1. The van der Waals surface area contributed by atoms with Crippen molar-refractivity contribution < 1.29 is 23.0 Å². The summed E-state index contributed by atoms with van der Waals surface area (Å²) in [7, 11) is 1.51. The first kappa shape index (κ1) is 16.6. The molecule has 0 aliphatic heterocycles. The zero-order valence-corrected chi connectivity index (χ0v) is 12.4. The van der Waals surface area contributed by atoms with E-state index in [4.69, 9.17) is 16.3 Å². The fraction of sp³-hybridized carbons (Fsp3) is 0.769. The van der Waals surface area contributed by atoms with Gasteiger partial charge >= 0.3 is 6.18 Å². The van der Waals surface area contributed by atoms with Gasteiger partial charge in [-0.2, -0.15) is 18.3 Å². The lowest BCUT2D eigenvalue weighted by molar-refractivity contribution is -0.202. The summed E-state index contributed by atoms with van der Waals surface area (Å²) < 4.78 is 45.2. The molecule has 8 heteroatoms. The van der Waals surface area contributed by atoms with Gasteiger partial charge in [-0.15, -0.1) is 0 Å². The van der Waals surface area contributed by atoms with Gasteiger partial charge in [0, 0.05) is 7.11 Å². The smallest absolute Gasteiger partial charge is 0.383 e. The zero-order valence-electron chi connectivity index (χ0n) is 11.7. The summed E-state index contributed by atoms with van der Waals surface area (Å²) in [5, 5.41) is 15.0. The summed E-state index contributed by atoms with van der Waals surface area (Å²) in [6.07, 6.45) is -2.76. The van der Waals surface area contributed by atoms with Gasteiger partial charge in [0.25, 0.3) is 0 Å². The monoisotopic (exact) mass is 326 g/mol. The number of aromatic nitrogens is 2. The molecule has 120 valence electrons. The van der Waals surface area contributed by atoms with Gasteiger partial charge in [-0.25, -0.2) is 0 Å². The van der Waals surface area contributed by atoms with Gasteiger partial charge < -0.3 is 9.84 Å². The minimum atomic E-state index is -4.31. The van der Waals surface area contributed by atoms with Gasteiger partial charge in [0.1, 0.15) is 5.60 Å². The molecular formula is C13H18ClF3N2O2. The molecule has 0 saturated heterocycles. The van der Waals surface area contributed by atoms with Crippen LogP contribution in [0.2, 0.25) is 5.02 Å². The van der Waals surface area contributed by atoms with Crippen LogP contribution < -0.4 is 0 Å². The average molecular weight is 327 g/mol. The molecule has 1 heterocycles. The third-order valence-electron chi connectivity index (χ3n) is 3.93. The number of halogens is 4. The van der Waals surface area contributed by atoms with Crippen molar-refractivity contribution >= 4 is 11.6 Å². The number of hydrogen-bond acceptors (Lipinski definition) is 3. The van der Waals surface area contributed by atoms with Crippen molar-refractivity contribution in [3.63, 3.8) is 0 Å². The number of ether oxygens (including phenoxy) is 1. The van der Waals surface area contributed by atoms with Crippen molar-refractivity contribution in [3.8, 4) is 0 Å². The lowest BCUT2D eigenvalue weighted by Gasteiger charge is -2.38. The Labute approximate surface area is 125 Å². The summed E-state index contributed by atoms with van der Waals surface area (Å²) in [6, 6.07) is 0. The zero-order chi connectivity index (χ0) is 15.7. The van der Waals surface area contributed by atoms with Gasteiger partial charge in [-0.1, -0.05) is 11.6 Å². The number of nitrogens with zero attached hydrogens (tertiary/aromatic N) is 2. The van der Waals surface area contributed by atoms with Crippen molar-refractivity contribution in [2.45, 2.75) is 44.0 Å². The first-order chi connectivity index (χ1) is 9.78. The Morgan fingerprint density at radius 3 is 2.90 bits per heavy atom. The highest BCUT2D eigenvalue weighted by atomic mass is 35.5. The highest BCUT2D eigenvalue weighted by Crippen LogP contribution is 2.47. The Kier molecular flexibility index (Phi) is 4.85. The minimum Gasteiger partial charge on any atom is -0.383 e. The van der Waals surface area contributed by atoms with Crippen LogP contribution in [-0.4, -0.2) is 34.8 Å². The molecule has 1 fully saturated rings. The predicted octanol–water partition coefficient (Wildman–Crippen LogP) is 3.12. The lowest BCUT2D eigenvalue weighted by Crippen LogP contribution is -2.40. The van der Waals surface area contributed by atoms with Crippen molar-refractivity contribution in [2.75, 3.05) is 13.7 Å². The van der Waals surface area contributed by atoms with Gasteiger partial charge in [-0.05, 0) is 25.7 Å². The molecule has 1 saturated carbocycles. The fourth-order valence-corrected chi connectivity index (χ4v) is 3.24. The van der Waals surface area contributed by atoms with Crippen LogP contribution in [0.4, 0.5) is 13.2 Å². The average Bonchev–Trinajstić information content (AvgIpc) is 2.77. The second-order valence-electron chi connectivity index (χ2n) is 5.42. The highest BCUT2D eigenvalue weighted by Gasteiger charge is 2.49. The number of rotatable bonds is 4. The molecule has 4 nitrogen and oxygen atoms in total. The lowest BCUT2D eigenvalue weighted by atomic mass is 9.76. The quantitative estimate of drug-likeness (QED) is 0.924. The number of methoxy groups -OCH3 is 1. The van der Waals surface area contributed by atoms with E-state index in [0.717, 1.165) is 0 Å². The van der Waals surface area contributed by atoms with Crippen molar-refractivity contribution in [1.29, 1.82) is 0 Å². The van der Waals surface area contributed by atoms with Crippen molar-refractivity contribution in [3.05, 3.63) is 16.9 Å². The van der Waals surface area contributed by atoms with Crippen LogP contribution >= 0.6 is 11.6 Å². The van der Waals surface area contributed by atoms with Crippen molar-refractivity contribution in [2.24, 2.45) is 5.92 Å². The molecule has 0 amide bonds. The summed E-state index contributed by atoms with van der Waals surface area (Å²) in [5.74, 6) is -1.52. The molecule has 1 N–H and O–H groups in total. The molecule has 2 atom stereocenters. The van der Waals surface area contributed by atoms with Gasteiger partial charge in [-0.3, -0.25) is 4.68 Å². The Hall–Kier alpha value is -0.790. The third kappa shape index (κ3) is 3.52.